The van der Waals surface area contributed by atoms with Crippen LogP contribution in [0.4, 0.5) is 4.39 Å². The summed E-state index contributed by atoms with van der Waals surface area (Å²) in [5.41, 5.74) is 0.545. The molecule has 0 amide bonds. The Morgan fingerprint density at radius 3 is 2.78 bits per heavy atom. The van der Waals surface area contributed by atoms with Gasteiger partial charge in [0.1, 0.15) is 10.8 Å². The fourth-order valence-corrected chi connectivity index (χ4v) is 2.43. The van der Waals surface area contributed by atoms with Gasteiger partial charge >= 0.3 is 0 Å². The van der Waals surface area contributed by atoms with Crippen molar-refractivity contribution >= 4 is 23.4 Å². The molecule has 0 aliphatic rings. The van der Waals surface area contributed by atoms with Gasteiger partial charge in [0, 0.05) is 11.1 Å². The second-order valence-electron chi connectivity index (χ2n) is 3.76. The number of aliphatic hydroxyl groups is 1. The van der Waals surface area contributed by atoms with Gasteiger partial charge in [-0.15, -0.1) is 0 Å². The third-order valence-electron chi connectivity index (χ3n) is 2.37. The monoisotopic (exact) mass is 283 g/mol. The van der Waals surface area contributed by atoms with Gasteiger partial charge in [-0.3, -0.25) is 0 Å². The van der Waals surface area contributed by atoms with Crippen molar-refractivity contribution in [3.63, 3.8) is 0 Å². The minimum Gasteiger partial charge on any atom is -0.389 e. The van der Waals surface area contributed by atoms with Gasteiger partial charge in [0.05, 0.1) is 11.1 Å². The molecule has 0 fully saturated rings. The summed E-state index contributed by atoms with van der Waals surface area (Å²) in [6, 6.07) is 8.06. The Hall–Kier alpha value is -1.10. The lowest BCUT2D eigenvalue weighted by Gasteiger charge is -2.08. The Morgan fingerprint density at radius 1 is 1.39 bits per heavy atom. The Labute approximate surface area is 114 Å². The summed E-state index contributed by atoms with van der Waals surface area (Å²) in [4.78, 5) is 4.52. The number of halogens is 2. The third kappa shape index (κ3) is 3.02. The van der Waals surface area contributed by atoms with Crippen LogP contribution in [0, 0.1) is 5.82 Å². The van der Waals surface area contributed by atoms with E-state index in [4.69, 9.17) is 11.6 Å². The summed E-state index contributed by atoms with van der Waals surface area (Å²) in [7, 11) is 0. The molecule has 1 aromatic carbocycles. The van der Waals surface area contributed by atoms with Gasteiger partial charge in [0.15, 0.2) is 0 Å². The Kier molecular flexibility index (Phi) is 4.22. The average molecular weight is 284 g/mol. The van der Waals surface area contributed by atoms with E-state index in [-0.39, 0.29) is 5.82 Å². The highest BCUT2D eigenvalue weighted by Gasteiger charge is 2.10. The Morgan fingerprint density at radius 2 is 2.17 bits per heavy atom. The van der Waals surface area contributed by atoms with Crippen molar-refractivity contribution in [1.29, 1.82) is 0 Å². The van der Waals surface area contributed by atoms with Gasteiger partial charge in [-0.25, -0.2) is 9.37 Å². The SMILES string of the molecule is C[C@@H](O)c1ccc(Sc2ncccc2Cl)c(F)c1. The van der Waals surface area contributed by atoms with E-state index in [1.54, 1.807) is 37.4 Å². The molecule has 94 valence electrons. The van der Waals surface area contributed by atoms with Crippen molar-refractivity contribution in [3.8, 4) is 0 Å². The van der Waals surface area contributed by atoms with E-state index < -0.39 is 6.10 Å². The summed E-state index contributed by atoms with van der Waals surface area (Å²) < 4.78 is 13.8. The van der Waals surface area contributed by atoms with Gasteiger partial charge in [0.25, 0.3) is 0 Å². The number of aliphatic hydroxyl groups excluding tert-OH is 1. The zero-order valence-corrected chi connectivity index (χ0v) is 11.2. The highest BCUT2D eigenvalue weighted by Crippen LogP contribution is 2.33. The topological polar surface area (TPSA) is 33.1 Å². The van der Waals surface area contributed by atoms with Crippen LogP contribution >= 0.6 is 23.4 Å². The number of benzene rings is 1. The standard InChI is InChI=1S/C13H11ClFNOS/c1-8(17)9-4-5-12(11(15)7-9)18-13-10(14)3-2-6-16-13/h2-8,17H,1H3/t8-/m1/s1. The van der Waals surface area contributed by atoms with E-state index in [0.29, 0.717) is 20.5 Å². The first kappa shape index (κ1) is 13.3. The number of pyridine rings is 1. The number of hydrogen-bond acceptors (Lipinski definition) is 3. The fraction of sp³-hybridized carbons (Fsp3) is 0.154. The molecule has 2 rings (SSSR count). The largest absolute Gasteiger partial charge is 0.389 e. The van der Waals surface area contributed by atoms with Gasteiger partial charge in [-0.1, -0.05) is 29.4 Å². The number of nitrogens with zero attached hydrogens (tertiary/aromatic N) is 1. The fourth-order valence-electron chi connectivity index (χ4n) is 1.41. The molecule has 0 saturated heterocycles. The molecule has 0 aliphatic heterocycles. The smallest absolute Gasteiger partial charge is 0.137 e. The summed E-state index contributed by atoms with van der Waals surface area (Å²) in [5.74, 6) is -0.389. The van der Waals surface area contributed by atoms with Crippen LogP contribution < -0.4 is 0 Å². The maximum absolute atomic E-state index is 13.8. The van der Waals surface area contributed by atoms with Crippen LogP contribution in [0.15, 0.2) is 46.5 Å². The number of hydrogen-bond donors (Lipinski definition) is 1. The highest BCUT2D eigenvalue weighted by molar-refractivity contribution is 7.99. The van der Waals surface area contributed by atoms with Gasteiger partial charge in [0.2, 0.25) is 0 Å². The summed E-state index contributed by atoms with van der Waals surface area (Å²) in [6.07, 6.45) is 0.924. The second-order valence-corrected chi connectivity index (χ2v) is 5.20. The van der Waals surface area contributed by atoms with Crippen molar-refractivity contribution in [1.82, 2.24) is 4.98 Å². The second kappa shape index (κ2) is 5.69. The predicted octanol–water partition coefficient (Wildman–Crippen LogP) is 4.08. The van der Waals surface area contributed by atoms with E-state index >= 15 is 0 Å². The minimum absolute atomic E-state index is 0.389. The number of rotatable bonds is 3. The Bertz CT molecular complexity index is 562. The molecule has 1 aromatic heterocycles. The normalized spacial score (nSPS) is 12.4. The first-order chi connectivity index (χ1) is 8.58. The number of aromatic nitrogens is 1. The molecule has 1 heterocycles. The van der Waals surface area contributed by atoms with Gasteiger partial charge in [-0.2, -0.15) is 0 Å². The summed E-state index contributed by atoms with van der Waals surface area (Å²) in [6.45, 7) is 1.59. The van der Waals surface area contributed by atoms with E-state index in [0.717, 1.165) is 11.8 Å². The quantitative estimate of drug-likeness (QED) is 0.921. The molecule has 0 spiro atoms. The molecule has 1 N–H and O–H groups in total. The molecular weight excluding hydrogens is 273 g/mol. The molecule has 5 heteroatoms. The molecule has 18 heavy (non-hydrogen) atoms. The van der Waals surface area contributed by atoms with Crippen LogP contribution in [0.3, 0.4) is 0 Å². The summed E-state index contributed by atoms with van der Waals surface area (Å²) >= 11 is 7.12. The van der Waals surface area contributed by atoms with Crippen molar-refractivity contribution < 1.29 is 9.50 Å². The van der Waals surface area contributed by atoms with Crippen LogP contribution in [0.25, 0.3) is 0 Å². The van der Waals surface area contributed by atoms with Crippen molar-refractivity contribution in [2.75, 3.05) is 0 Å². The molecule has 2 nitrogen and oxygen atoms in total. The van der Waals surface area contributed by atoms with Crippen LogP contribution in [0.2, 0.25) is 5.02 Å². The van der Waals surface area contributed by atoms with E-state index in [1.165, 1.54) is 6.07 Å². The maximum Gasteiger partial charge on any atom is 0.137 e. The molecule has 0 bridgehead atoms. The molecule has 1 atom stereocenters. The van der Waals surface area contributed by atoms with Gasteiger partial charge in [-0.05, 0) is 36.8 Å². The lowest BCUT2D eigenvalue weighted by molar-refractivity contribution is 0.198. The Balaban J connectivity index is 2.28. The zero-order chi connectivity index (χ0) is 13.1. The van der Waals surface area contributed by atoms with E-state index in [9.17, 15) is 9.50 Å². The maximum atomic E-state index is 13.8. The van der Waals surface area contributed by atoms with E-state index in [1.807, 2.05) is 0 Å². The third-order valence-corrected chi connectivity index (χ3v) is 3.86. The van der Waals surface area contributed by atoms with Crippen molar-refractivity contribution in [2.45, 2.75) is 22.9 Å². The molecule has 0 aliphatic carbocycles. The molecule has 0 saturated carbocycles. The van der Waals surface area contributed by atoms with Crippen molar-refractivity contribution in [3.05, 3.63) is 52.9 Å². The molecule has 0 radical (unpaired) electrons. The molecule has 2 aromatic rings. The zero-order valence-electron chi connectivity index (χ0n) is 9.60. The molecule has 0 unspecified atom stereocenters. The predicted molar refractivity (Wildman–Crippen MR) is 70.4 cm³/mol. The van der Waals surface area contributed by atoms with Crippen LogP contribution in [-0.4, -0.2) is 10.1 Å². The summed E-state index contributed by atoms with van der Waals surface area (Å²) in [5, 5.41) is 10.4. The minimum atomic E-state index is -0.683. The van der Waals surface area contributed by atoms with Crippen LogP contribution in [0.1, 0.15) is 18.6 Å². The highest BCUT2D eigenvalue weighted by atomic mass is 35.5. The van der Waals surface area contributed by atoms with Crippen LogP contribution in [0.5, 0.6) is 0 Å². The first-order valence-corrected chi connectivity index (χ1v) is 6.53. The van der Waals surface area contributed by atoms with Crippen molar-refractivity contribution in [2.24, 2.45) is 0 Å². The van der Waals surface area contributed by atoms with E-state index in [2.05, 4.69) is 4.98 Å². The first-order valence-electron chi connectivity index (χ1n) is 5.34. The molecular formula is C13H11ClFNOS. The van der Waals surface area contributed by atoms with Crippen LogP contribution in [-0.2, 0) is 0 Å². The lowest BCUT2D eigenvalue weighted by atomic mass is 10.1. The van der Waals surface area contributed by atoms with Gasteiger partial charge < -0.3 is 5.11 Å². The lowest BCUT2D eigenvalue weighted by Crippen LogP contribution is -1.93. The average Bonchev–Trinajstić information content (AvgIpc) is 2.34.